The highest BCUT2D eigenvalue weighted by Gasteiger charge is 2.10. The minimum atomic E-state index is -0.158. The number of anilines is 1. The first kappa shape index (κ1) is 14.3. The Morgan fingerprint density at radius 2 is 2.10 bits per heavy atom. The van der Waals surface area contributed by atoms with Crippen molar-refractivity contribution < 1.29 is 9.53 Å². The molecule has 0 amide bonds. The maximum Gasteiger partial charge on any atom is 0.307 e. The highest BCUT2D eigenvalue weighted by Crippen LogP contribution is 2.25. The number of aryl methyl sites for hydroxylation is 1. The van der Waals surface area contributed by atoms with Crippen LogP contribution in [0.2, 0.25) is 0 Å². The summed E-state index contributed by atoms with van der Waals surface area (Å²) in [5.41, 5.74) is 3.05. The number of carbonyl (C=O) groups is 1. The van der Waals surface area contributed by atoms with Gasteiger partial charge in [0, 0.05) is 30.4 Å². The zero-order chi connectivity index (χ0) is 14.5. The van der Waals surface area contributed by atoms with Crippen LogP contribution in [0.25, 0.3) is 10.9 Å². The van der Waals surface area contributed by atoms with E-state index in [9.17, 15) is 4.79 Å². The van der Waals surface area contributed by atoms with Gasteiger partial charge in [-0.3, -0.25) is 9.78 Å². The average Bonchev–Trinajstić information content (AvgIpc) is 2.44. The Labute approximate surface area is 119 Å². The number of aromatic nitrogens is 1. The maximum absolute atomic E-state index is 11.4. The lowest BCUT2D eigenvalue weighted by Gasteiger charge is -2.21. The summed E-state index contributed by atoms with van der Waals surface area (Å²) in [6.07, 6.45) is 0.389. The number of carbonyl (C=O) groups excluding carboxylic acids is 1. The van der Waals surface area contributed by atoms with Gasteiger partial charge >= 0.3 is 5.97 Å². The Bertz CT molecular complexity index is 610. The number of hydrogen-bond acceptors (Lipinski definition) is 4. The lowest BCUT2D eigenvalue weighted by Crippen LogP contribution is -2.22. The maximum atomic E-state index is 11.4. The van der Waals surface area contributed by atoms with Crippen molar-refractivity contribution in [3.63, 3.8) is 0 Å². The van der Waals surface area contributed by atoms with Gasteiger partial charge in [-0.05, 0) is 26.0 Å². The van der Waals surface area contributed by atoms with E-state index in [1.807, 2.05) is 45.2 Å². The van der Waals surface area contributed by atoms with Gasteiger partial charge in [0.2, 0.25) is 0 Å². The van der Waals surface area contributed by atoms with Crippen molar-refractivity contribution in [1.29, 1.82) is 0 Å². The molecule has 1 aromatic heterocycles. The Morgan fingerprint density at radius 3 is 2.85 bits per heavy atom. The highest BCUT2D eigenvalue weighted by atomic mass is 16.5. The summed E-state index contributed by atoms with van der Waals surface area (Å²) in [6.45, 7) is 4.86. The van der Waals surface area contributed by atoms with Crippen molar-refractivity contribution in [3.05, 3.63) is 36.0 Å². The Hall–Kier alpha value is -2.10. The number of benzene rings is 1. The molecule has 106 valence electrons. The van der Waals surface area contributed by atoms with E-state index < -0.39 is 0 Å². The van der Waals surface area contributed by atoms with Crippen LogP contribution in [0.3, 0.4) is 0 Å². The third-order valence-corrected chi connectivity index (χ3v) is 3.19. The predicted molar refractivity (Wildman–Crippen MR) is 81.0 cm³/mol. The summed E-state index contributed by atoms with van der Waals surface area (Å²) >= 11 is 0. The minimum Gasteiger partial charge on any atom is -0.466 e. The van der Waals surface area contributed by atoms with Gasteiger partial charge in [-0.15, -0.1) is 0 Å². The Kier molecular flexibility index (Phi) is 4.56. The summed E-state index contributed by atoms with van der Waals surface area (Å²) in [5.74, 6) is -0.158. The first-order chi connectivity index (χ1) is 9.61. The van der Waals surface area contributed by atoms with E-state index in [-0.39, 0.29) is 5.97 Å². The van der Waals surface area contributed by atoms with Gasteiger partial charge in [-0.25, -0.2) is 0 Å². The fraction of sp³-hybridized carbons (Fsp3) is 0.375. The van der Waals surface area contributed by atoms with Crippen molar-refractivity contribution in [2.75, 3.05) is 25.1 Å². The van der Waals surface area contributed by atoms with Crippen LogP contribution in [0.4, 0.5) is 5.69 Å². The predicted octanol–water partition coefficient (Wildman–Crippen LogP) is 2.93. The number of rotatable bonds is 5. The van der Waals surface area contributed by atoms with Crippen LogP contribution in [0.15, 0.2) is 30.3 Å². The molecule has 0 aliphatic heterocycles. The number of ether oxygens (including phenoxy) is 1. The molecule has 0 unspecified atom stereocenters. The molecule has 0 radical (unpaired) electrons. The zero-order valence-corrected chi connectivity index (χ0v) is 12.2. The molecule has 0 fully saturated rings. The molecule has 2 aromatic rings. The topological polar surface area (TPSA) is 42.4 Å². The van der Waals surface area contributed by atoms with Gasteiger partial charge in [0.25, 0.3) is 0 Å². The number of para-hydroxylation sites is 1. The molecule has 0 N–H and O–H groups in total. The Morgan fingerprint density at radius 1 is 1.35 bits per heavy atom. The first-order valence-corrected chi connectivity index (χ1v) is 6.85. The average molecular weight is 272 g/mol. The molecule has 4 heteroatoms. The van der Waals surface area contributed by atoms with E-state index in [0.29, 0.717) is 19.6 Å². The van der Waals surface area contributed by atoms with Crippen molar-refractivity contribution in [2.45, 2.75) is 20.3 Å². The molecule has 1 heterocycles. The van der Waals surface area contributed by atoms with Gasteiger partial charge in [-0.2, -0.15) is 0 Å². The number of esters is 1. The second-order valence-corrected chi connectivity index (χ2v) is 4.78. The second-order valence-electron chi connectivity index (χ2n) is 4.78. The van der Waals surface area contributed by atoms with E-state index in [1.165, 1.54) is 0 Å². The molecule has 2 rings (SSSR count). The van der Waals surface area contributed by atoms with Gasteiger partial charge in [-0.1, -0.05) is 18.2 Å². The van der Waals surface area contributed by atoms with Crippen molar-refractivity contribution in [1.82, 2.24) is 4.98 Å². The van der Waals surface area contributed by atoms with Crippen molar-refractivity contribution >= 4 is 22.6 Å². The smallest absolute Gasteiger partial charge is 0.307 e. The number of pyridine rings is 1. The Balaban J connectivity index is 2.21. The first-order valence-electron chi connectivity index (χ1n) is 6.85. The summed E-state index contributed by atoms with van der Waals surface area (Å²) in [6, 6.07) is 10.1. The minimum absolute atomic E-state index is 0.158. The van der Waals surface area contributed by atoms with Crippen LogP contribution >= 0.6 is 0 Å². The third-order valence-electron chi connectivity index (χ3n) is 3.19. The van der Waals surface area contributed by atoms with Crippen molar-refractivity contribution in [3.8, 4) is 0 Å². The number of hydrogen-bond donors (Lipinski definition) is 0. The summed E-state index contributed by atoms with van der Waals surface area (Å²) in [5, 5.41) is 1.10. The van der Waals surface area contributed by atoms with Crippen LogP contribution in [0, 0.1) is 6.92 Å². The second kappa shape index (κ2) is 6.37. The highest BCUT2D eigenvalue weighted by molar-refractivity contribution is 5.92. The molecular formula is C16H20N2O2. The molecule has 0 bridgehead atoms. The summed E-state index contributed by atoms with van der Waals surface area (Å²) in [4.78, 5) is 18.1. The molecule has 0 aliphatic carbocycles. The van der Waals surface area contributed by atoms with Crippen LogP contribution in [-0.2, 0) is 9.53 Å². The zero-order valence-electron chi connectivity index (χ0n) is 12.2. The lowest BCUT2D eigenvalue weighted by atomic mass is 10.1. The molecule has 20 heavy (non-hydrogen) atoms. The molecule has 1 aromatic carbocycles. The van der Waals surface area contributed by atoms with Gasteiger partial charge in [0.1, 0.15) is 0 Å². The fourth-order valence-corrected chi connectivity index (χ4v) is 2.21. The van der Waals surface area contributed by atoms with Crippen LogP contribution in [0.1, 0.15) is 19.0 Å². The van der Waals surface area contributed by atoms with Crippen LogP contribution in [-0.4, -0.2) is 31.2 Å². The van der Waals surface area contributed by atoms with E-state index in [2.05, 4.69) is 16.0 Å². The van der Waals surface area contributed by atoms with Crippen LogP contribution in [0.5, 0.6) is 0 Å². The van der Waals surface area contributed by atoms with E-state index in [1.54, 1.807) is 0 Å². The van der Waals surface area contributed by atoms with Gasteiger partial charge < -0.3 is 9.64 Å². The van der Waals surface area contributed by atoms with E-state index in [0.717, 1.165) is 22.3 Å². The molecule has 0 saturated heterocycles. The van der Waals surface area contributed by atoms with Crippen LogP contribution < -0.4 is 4.90 Å². The molecular weight excluding hydrogens is 252 g/mol. The van der Waals surface area contributed by atoms with Crippen molar-refractivity contribution in [2.24, 2.45) is 0 Å². The quantitative estimate of drug-likeness (QED) is 0.785. The van der Waals surface area contributed by atoms with Gasteiger partial charge in [0.05, 0.1) is 18.5 Å². The number of nitrogens with zero attached hydrogens (tertiary/aromatic N) is 2. The SMILES string of the molecule is CCOC(=O)CCN(C)c1cc(C)nc2ccccc12. The molecule has 0 aliphatic rings. The van der Waals surface area contributed by atoms with E-state index in [4.69, 9.17) is 4.74 Å². The standard InChI is InChI=1S/C16H20N2O2/c1-4-20-16(19)9-10-18(3)15-11-12(2)17-14-8-6-5-7-13(14)15/h5-8,11H,4,9-10H2,1-3H3. The lowest BCUT2D eigenvalue weighted by molar-refractivity contribution is -0.142. The molecule has 0 spiro atoms. The van der Waals surface area contributed by atoms with Gasteiger partial charge in [0.15, 0.2) is 0 Å². The summed E-state index contributed by atoms with van der Waals surface area (Å²) in [7, 11) is 1.99. The normalized spacial score (nSPS) is 10.6. The molecule has 4 nitrogen and oxygen atoms in total. The molecule has 0 saturated carbocycles. The monoisotopic (exact) mass is 272 g/mol. The number of fused-ring (bicyclic) bond motifs is 1. The third kappa shape index (κ3) is 3.26. The molecule has 0 atom stereocenters. The largest absolute Gasteiger partial charge is 0.466 e. The van der Waals surface area contributed by atoms with E-state index >= 15 is 0 Å². The summed E-state index contributed by atoms with van der Waals surface area (Å²) < 4.78 is 4.96. The fourth-order valence-electron chi connectivity index (χ4n) is 2.21.